The number of hydrogen-bond donors (Lipinski definition) is 1. The summed E-state index contributed by atoms with van der Waals surface area (Å²) in [7, 11) is 0. The van der Waals surface area contributed by atoms with Crippen molar-refractivity contribution in [1.82, 2.24) is 10.5 Å². The van der Waals surface area contributed by atoms with Gasteiger partial charge in [0.1, 0.15) is 5.76 Å². The van der Waals surface area contributed by atoms with Gasteiger partial charge in [-0.05, 0) is 50.4 Å². The number of rotatable bonds is 5. The summed E-state index contributed by atoms with van der Waals surface area (Å²) < 4.78 is 5.23. The Morgan fingerprint density at radius 1 is 1.22 bits per heavy atom. The summed E-state index contributed by atoms with van der Waals surface area (Å²) in [6.07, 6.45) is 7.42. The van der Waals surface area contributed by atoms with Crippen LogP contribution < -0.4 is 5.32 Å². The summed E-state index contributed by atoms with van der Waals surface area (Å²) in [5.74, 6) is 2.79. The van der Waals surface area contributed by atoms with Gasteiger partial charge in [0.15, 0.2) is 5.69 Å². The number of aromatic nitrogens is 1. The highest BCUT2D eigenvalue weighted by molar-refractivity contribution is 5.92. The fourth-order valence-corrected chi connectivity index (χ4v) is 2.71. The largest absolute Gasteiger partial charge is 0.360 e. The molecule has 0 unspecified atom stereocenters. The first-order valence-corrected chi connectivity index (χ1v) is 7.09. The molecule has 1 heterocycles. The molecular formula is C14H18N2O2. The molecule has 4 nitrogen and oxygen atoms in total. The van der Waals surface area contributed by atoms with Crippen LogP contribution in [0.3, 0.4) is 0 Å². The summed E-state index contributed by atoms with van der Waals surface area (Å²) in [5, 5.41) is 7.07. The summed E-state index contributed by atoms with van der Waals surface area (Å²) >= 11 is 0. The maximum atomic E-state index is 12.1. The summed E-state index contributed by atoms with van der Waals surface area (Å²) in [4.78, 5) is 12.1. The van der Waals surface area contributed by atoms with Crippen LogP contribution in [0.15, 0.2) is 10.6 Å². The third-order valence-corrected chi connectivity index (χ3v) is 4.30. The highest BCUT2D eigenvalue weighted by Crippen LogP contribution is 2.44. The van der Waals surface area contributed by atoms with Crippen LogP contribution in [0.2, 0.25) is 0 Å². The third kappa shape index (κ3) is 2.04. The van der Waals surface area contributed by atoms with E-state index in [1.807, 2.05) is 6.07 Å². The van der Waals surface area contributed by atoms with Gasteiger partial charge in [0.25, 0.3) is 5.91 Å². The van der Waals surface area contributed by atoms with Gasteiger partial charge in [0.05, 0.1) is 0 Å². The van der Waals surface area contributed by atoms with Crippen LogP contribution in [-0.2, 0) is 0 Å². The van der Waals surface area contributed by atoms with E-state index in [0.717, 1.165) is 17.6 Å². The first-order valence-electron chi connectivity index (χ1n) is 7.09. The van der Waals surface area contributed by atoms with Crippen molar-refractivity contribution >= 4 is 5.91 Å². The Labute approximate surface area is 106 Å². The lowest BCUT2D eigenvalue weighted by Crippen LogP contribution is -2.38. The van der Waals surface area contributed by atoms with Gasteiger partial charge in [-0.25, -0.2) is 0 Å². The number of hydrogen-bond acceptors (Lipinski definition) is 3. The number of nitrogens with zero attached hydrogens (tertiary/aromatic N) is 1. The van der Waals surface area contributed by atoms with E-state index in [-0.39, 0.29) is 5.91 Å². The summed E-state index contributed by atoms with van der Waals surface area (Å²) in [5.41, 5.74) is 0.461. The highest BCUT2D eigenvalue weighted by atomic mass is 16.5. The molecule has 0 bridgehead atoms. The van der Waals surface area contributed by atoms with Crippen LogP contribution >= 0.6 is 0 Å². The van der Waals surface area contributed by atoms with Crippen LogP contribution in [0.5, 0.6) is 0 Å². The number of carbonyl (C=O) groups is 1. The van der Waals surface area contributed by atoms with Crippen molar-refractivity contribution in [3.05, 3.63) is 17.5 Å². The molecular weight excluding hydrogens is 228 g/mol. The van der Waals surface area contributed by atoms with Crippen molar-refractivity contribution in [2.45, 2.75) is 50.5 Å². The Balaban J connectivity index is 1.44. The van der Waals surface area contributed by atoms with E-state index in [9.17, 15) is 4.79 Å². The molecule has 0 radical (unpaired) electrons. The van der Waals surface area contributed by atoms with Crippen molar-refractivity contribution in [1.29, 1.82) is 0 Å². The van der Waals surface area contributed by atoms with E-state index in [2.05, 4.69) is 10.5 Å². The summed E-state index contributed by atoms with van der Waals surface area (Å²) in [6.45, 7) is 0. The quantitative estimate of drug-likeness (QED) is 0.868. The molecule has 4 rings (SSSR count). The van der Waals surface area contributed by atoms with Crippen LogP contribution in [0.25, 0.3) is 0 Å². The van der Waals surface area contributed by atoms with Gasteiger partial charge in [0.2, 0.25) is 0 Å². The zero-order valence-electron chi connectivity index (χ0n) is 10.4. The van der Waals surface area contributed by atoms with E-state index >= 15 is 0 Å². The molecule has 3 aliphatic rings. The fraction of sp³-hybridized carbons (Fsp3) is 0.714. The molecule has 0 atom stereocenters. The number of carbonyl (C=O) groups excluding carboxylic acids is 1. The molecule has 0 spiro atoms. The minimum atomic E-state index is -0.0468. The molecule has 18 heavy (non-hydrogen) atoms. The van der Waals surface area contributed by atoms with Gasteiger partial charge in [-0.3, -0.25) is 4.79 Å². The summed E-state index contributed by atoms with van der Waals surface area (Å²) in [6, 6.07) is 2.21. The van der Waals surface area contributed by atoms with Gasteiger partial charge in [-0.15, -0.1) is 0 Å². The monoisotopic (exact) mass is 246 g/mol. The lowest BCUT2D eigenvalue weighted by Gasteiger charge is -2.16. The SMILES string of the molecule is O=C(NC(C1CC1)C1CC1)c1cc(C2CC2)on1. The Morgan fingerprint density at radius 2 is 1.89 bits per heavy atom. The minimum Gasteiger partial charge on any atom is -0.360 e. The van der Waals surface area contributed by atoms with Gasteiger partial charge < -0.3 is 9.84 Å². The second-order valence-corrected chi connectivity index (χ2v) is 6.06. The zero-order valence-corrected chi connectivity index (χ0v) is 10.4. The van der Waals surface area contributed by atoms with Gasteiger partial charge >= 0.3 is 0 Å². The smallest absolute Gasteiger partial charge is 0.273 e. The fourth-order valence-electron chi connectivity index (χ4n) is 2.71. The molecule has 96 valence electrons. The van der Waals surface area contributed by atoms with Crippen LogP contribution in [0, 0.1) is 11.8 Å². The molecule has 1 aromatic heterocycles. The highest BCUT2D eigenvalue weighted by Gasteiger charge is 2.42. The average Bonchev–Trinajstić information content (AvgIpc) is 3.23. The Bertz CT molecular complexity index is 458. The third-order valence-electron chi connectivity index (χ3n) is 4.30. The topological polar surface area (TPSA) is 55.1 Å². The molecule has 1 N–H and O–H groups in total. The number of nitrogens with one attached hydrogen (secondary N) is 1. The van der Waals surface area contributed by atoms with E-state index in [4.69, 9.17) is 4.52 Å². The van der Waals surface area contributed by atoms with Gasteiger partial charge in [-0.2, -0.15) is 0 Å². The van der Waals surface area contributed by atoms with Gasteiger partial charge in [-0.1, -0.05) is 5.16 Å². The van der Waals surface area contributed by atoms with Crippen molar-refractivity contribution in [3.63, 3.8) is 0 Å². The molecule has 4 heteroatoms. The van der Waals surface area contributed by atoms with Crippen molar-refractivity contribution in [2.24, 2.45) is 11.8 Å². The molecule has 1 aromatic rings. The molecule has 3 saturated carbocycles. The lowest BCUT2D eigenvalue weighted by atomic mass is 10.1. The molecule has 0 aromatic carbocycles. The number of amides is 1. The Hall–Kier alpha value is -1.32. The molecule has 3 fully saturated rings. The second-order valence-electron chi connectivity index (χ2n) is 6.06. The maximum absolute atomic E-state index is 12.1. The predicted octanol–water partition coefficient (Wildman–Crippen LogP) is 2.47. The van der Waals surface area contributed by atoms with Gasteiger partial charge in [0, 0.05) is 18.0 Å². The van der Waals surface area contributed by atoms with Crippen molar-refractivity contribution in [3.8, 4) is 0 Å². The van der Waals surface area contributed by atoms with E-state index in [1.165, 1.54) is 38.5 Å². The average molecular weight is 246 g/mol. The Morgan fingerprint density at radius 3 is 2.44 bits per heavy atom. The standard InChI is InChI=1S/C14H18N2O2/c17-14(11-7-12(18-16-11)8-1-2-8)15-13(9-3-4-9)10-5-6-10/h7-10,13H,1-6H2,(H,15,17). The lowest BCUT2D eigenvalue weighted by molar-refractivity contribution is 0.0917. The minimum absolute atomic E-state index is 0.0468. The molecule has 1 amide bonds. The molecule has 0 saturated heterocycles. The van der Waals surface area contributed by atoms with Crippen molar-refractivity contribution < 1.29 is 9.32 Å². The normalized spacial score (nSPS) is 23.4. The van der Waals surface area contributed by atoms with Crippen LogP contribution in [-0.4, -0.2) is 17.1 Å². The first-order chi connectivity index (χ1) is 8.81. The van der Waals surface area contributed by atoms with E-state index < -0.39 is 0 Å². The van der Waals surface area contributed by atoms with Crippen molar-refractivity contribution in [2.75, 3.05) is 0 Å². The van der Waals surface area contributed by atoms with Crippen LogP contribution in [0.1, 0.15) is 60.7 Å². The Kier molecular flexibility index (Phi) is 2.26. The van der Waals surface area contributed by atoms with E-state index in [0.29, 0.717) is 17.7 Å². The molecule has 0 aliphatic heterocycles. The second kappa shape index (κ2) is 3.84. The van der Waals surface area contributed by atoms with E-state index in [1.54, 1.807) is 0 Å². The predicted molar refractivity (Wildman–Crippen MR) is 65.2 cm³/mol. The molecule has 3 aliphatic carbocycles. The first kappa shape index (κ1) is 10.6. The zero-order chi connectivity index (χ0) is 12.1. The van der Waals surface area contributed by atoms with Crippen LogP contribution in [0.4, 0.5) is 0 Å². The maximum Gasteiger partial charge on any atom is 0.273 e.